The van der Waals surface area contributed by atoms with Crippen molar-refractivity contribution in [1.82, 2.24) is 20.0 Å². The van der Waals surface area contributed by atoms with Gasteiger partial charge in [-0.3, -0.25) is 9.59 Å². The summed E-state index contributed by atoms with van der Waals surface area (Å²) in [6.07, 6.45) is 0.579. The van der Waals surface area contributed by atoms with Crippen LogP contribution in [0.3, 0.4) is 0 Å². The Balaban J connectivity index is 1.61. The maximum atomic E-state index is 12.4. The molecule has 9 nitrogen and oxygen atoms in total. The minimum Gasteiger partial charge on any atom is -0.464 e. The second-order valence-electron chi connectivity index (χ2n) is 6.66. The lowest BCUT2D eigenvalue weighted by Gasteiger charge is -2.05. The Morgan fingerprint density at radius 3 is 2.76 bits per heavy atom. The molecule has 1 amide bonds. The van der Waals surface area contributed by atoms with Gasteiger partial charge in [0.25, 0.3) is 5.56 Å². The second-order valence-corrected chi connectivity index (χ2v) is 7.70. The van der Waals surface area contributed by atoms with Crippen molar-refractivity contribution in [3.8, 4) is 0 Å². The van der Waals surface area contributed by atoms with Crippen molar-refractivity contribution in [3.63, 3.8) is 0 Å². The monoisotopic (exact) mass is 415 g/mol. The van der Waals surface area contributed by atoms with E-state index in [0.717, 1.165) is 4.88 Å². The summed E-state index contributed by atoms with van der Waals surface area (Å²) in [7, 11) is 1.29. The average molecular weight is 415 g/mol. The molecule has 29 heavy (non-hydrogen) atoms. The van der Waals surface area contributed by atoms with Gasteiger partial charge in [0.1, 0.15) is 5.52 Å². The van der Waals surface area contributed by atoms with Crippen molar-refractivity contribution in [3.05, 3.63) is 45.2 Å². The molecule has 152 valence electrons. The number of benzene rings is 1. The summed E-state index contributed by atoms with van der Waals surface area (Å²) in [5, 5.41) is 11.5. The van der Waals surface area contributed by atoms with Crippen molar-refractivity contribution < 1.29 is 14.3 Å². The van der Waals surface area contributed by atoms with E-state index in [-0.39, 0.29) is 36.0 Å². The van der Waals surface area contributed by atoms with Crippen LogP contribution in [0.2, 0.25) is 0 Å². The third-order valence-electron chi connectivity index (χ3n) is 4.21. The minimum absolute atomic E-state index is 0.0746. The number of thiazole rings is 1. The quantitative estimate of drug-likeness (QED) is 0.590. The molecular formula is C19H21N5O4S. The predicted molar refractivity (Wildman–Crippen MR) is 109 cm³/mol. The third-order valence-corrected chi connectivity index (χ3v) is 5.48. The molecule has 0 aliphatic rings. The first-order valence-electron chi connectivity index (χ1n) is 9.12. The molecule has 0 saturated heterocycles. The molecule has 0 bridgehead atoms. The van der Waals surface area contributed by atoms with Crippen LogP contribution in [0.1, 0.15) is 48.0 Å². The van der Waals surface area contributed by atoms with Crippen molar-refractivity contribution in [1.29, 1.82) is 0 Å². The second kappa shape index (κ2) is 8.91. The van der Waals surface area contributed by atoms with Gasteiger partial charge in [-0.2, -0.15) is 0 Å². The largest absolute Gasteiger partial charge is 0.464 e. The maximum Gasteiger partial charge on any atom is 0.357 e. The molecule has 0 fully saturated rings. The summed E-state index contributed by atoms with van der Waals surface area (Å²) in [5.74, 6) is -0.711. The first-order chi connectivity index (χ1) is 13.9. The van der Waals surface area contributed by atoms with Gasteiger partial charge in [-0.05, 0) is 24.5 Å². The molecule has 2 heterocycles. The van der Waals surface area contributed by atoms with E-state index in [2.05, 4.69) is 20.6 Å². The van der Waals surface area contributed by atoms with Gasteiger partial charge in [-0.15, -0.1) is 16.4 Å². The fraction of sp³-hybridized carbons (Fsp3) is 0.368. The first-order valence-corrected chi connectivity index (χ1v) is 9.93. The standard InChI is InChI=1S/C19H21N5O4S/c1-11(2)16-15(18(27)28-3)21-19(29-16)20-14(25)9-6-10-24-17(26)12-7-4-5-8-13(12)22-23-24/h4-5,7-8,11H,6,9-10H2,1-3H3,(H,20,21,25). The molecule has 0 atom stereocenters. The van der Waals surface area contributed by atoms with Gasteiger partial charge in [-0.1, -0.05) is 31.2 Å². The highest BCUT2D eigenvalue weighted by Gasteiger charge is 2.21. The number of carbonyl (C=O) groups excluding carboxylic acids is 2. The Labute approximate surface area is 170 Å². The van der Waals surface area contributed by atoms with Gasteiger partial charge in [-0.25, -0.2) is 14.5 Å². The fourth-order valence-electron chi connectivity index (χ4n) is 2.76. The van der Waals surface area contributed by atoms with E-state index in [4.69, 9.17) is 4.74 Å². The van der Waals surface area contributed by atoms with Crippen LogP contribution in [0, 0.1) is 0 Å². The first kappa shape index (κ1) is 20.6. The summed E-state index contributed by atoms with van der Waals surface area (Å²) in [4.78, 5) is 41.4. The molecule has 0 aliphatic carbocycles. The molecule has 0 unspecified atom stereocenters. The van der Waals surface area contributed by atoms with Gasteiger partial charge in [0.05, 0.1) is 12.5 Å². The number of carbonyl (C=O) groups is 2. The van der Waals surface area contributed by atoms with E-state index in [1.54, 1.807) is 24.3 Å². The Morgan fingerprint density at radius 2 is 2.03 bits per heavy atom. The average Bonchev–Trinajstić information content (AvgIpc) is 3.13. The number of hydrogen-bond acceptors (Lipinski definition) is 8. The Morgan fingerprint density at radius 1 is 1.28 bits per heavy atom. The zero-order valence-electron chi connectivity index (χ0n) is 16.3. The topological polar surface area (TPSA) is 116 Å². The fourth-order valence-corrected chi connectivity index (χ4v) is 3.73. The number of rotatable bonds is 7. The van der Waals surface area contributed by atoms with Crippen LogP contribution >= 0.6 is 11.3 Å². The Kier molecular flexibility index (Phi) is 6.32. The number of nitrogens with one attached hydrogen (secondary N) is 1. The predicted octanol–water partition coefficient (Wildman–Crippen LogP) is 2.58. The van der Waals surface area contributed by atoms with Crippen LogP contribution in [0.15, 0.2) is 29.1 Å². The molecule has 10 heteroatoms. The van der Waals surface area contributed by atoms with Gasteiger partial charge in [0.15, 0.2) is 10.8 Å². The summed E-state index contributed by atoms with van der Waals surface area (Å²) in [6.45, 7) is 4.15. The van der Waals surface area contributed by atoms with Crippen molar-refractivity contribution in [2.24, 2.45) is 0 Å². The SMILES string of the molecule is COC(=O)c1nc(NC(=O)CCCn2nnc3ccccc3c2=O)sc1C(C)C. The smallest absolute Gasteiger partial charge is 0.357 e. The number of aromatic nitrogens is 4. The number of aryl methyl sites for hydroxylation is 1. The molecule has 2 aromatic heterocycles. The number of amides is 1. The molecule has 3 aromatic rings. The maximum absolute atomic E-state index is 12.4. The number of methoxy groups -OCH3 is 1. The highest BCUT2D eigenvalue weighted by Crippen LogP contribution is 2.30. The minimum atomic E-state index is -0.528. The van der Waals surface area contributed by atoms with E-state index in [1.807, 2.05) is 13.8 Å². The van der Waals surface area contributed by atoms with Crippen LogP contribution in [0.5, 0.6) is 0 Å². The molecule has 0 saturated carbocycles. The van der Waals surface area contributed by atoms with Crippen molar-refractivity contribution in [2.45, 2.75) is 39.2 Å². The van der Waals surface area contributed by atoms with Crippen molar-refractivity contribution in [2.75, 3.05) is 12.4 Å². The molecule has 1 aromatic carbocycles. The number of ether oxygens (including phenoxy) is 1. The van der Waals surface area contributed by atoms with Crippen LogP contribution < -0.4 is 10.9 Å². The zero-order valence-corrected chi connectivity index (χ0v) is 17.2. The van der Waals surface area contributed by atoms with Gasteiger partial charge in [0, 0.05) is 17.8 Å². The summed E-state index contributed by atoms with van der Waals surface area (Å²) >= 11 is 1.25. The van der Waals surface area contributed by atoms with Crippen LogP contribution in [-0.4, -0.2) is 39.0 Å². The van der Waals surface area contributed by atoms with E-state index in [1.165, 1.54) is 23.1 Å². The lowest BCUT2D eigenvalue weighted by Crippen LogP contribution is -2.25. The molecule has 0 aliphatic heterocycles. The number of fused-ring (bicyclic) bond motifs is 1. The summed E-state index contributed by atoms with van der Waals surface area (Å²) in [5.41, 5.74) is 0.527. The van der Waals surface area contributed by atoms with Crippen LogP contribution in [0.4, 0.5) is 5.13 Å². The lowest BCUT2D eigenvalue weighted by atomic mass is 10.1. The highest BCUT2D eigenvalue weighted by molar-refractivity contribution is 7.16. The Bertz CT molecular complexity index is 1110. The van der Waals surface area contributed by atoms with Gasteiger partial charge in [0.2, 0.25) is 5.91 Å². The van der Waals surface area contributed by atoms with Gasteiger partial charge < -0.3 is 10.1 Å². The molecular weight excluding hydrogens is 394 g/mol. The van der Waals surface area contributed by atoms with Gasteiger partial charge >= 0.3 is 5.97 Å². The van der Waals surface area contributed by atoms with Crippen molar-refractivity contribution >= 4 is 39.2 Å². The Hall–Kier alpha value is -3.14. The summed E-state index contributed by atoms with van der Waals surface area (Å²) in [6, 6.07) is 6.98. The third kappa shape index (κ3) is 4.65. The van der Waals surface area contributed by atoms with E-state index in [0.29, 0.717) is 22.5 Å². The molecule has 0 spiro atoms. The van der Waals surface area contributed by atoms with Crippen LogP contribution in [0.25, 0.3) is 10.9 Å². The molecule has 1 N–H and O–H groups in total. The van der Waals surface area contributed by atoms with E-state index >= 15 is 0 Å². The summed E-state index contributed by atoms with van der Waals surface area (Å²) < 4.78 is 6.00. The highest BCUT2D eigenvalue weighted by atomic mass is 32.1. The number of esters is 1. The molecule has 0 radical (unpaired) electrons. The zero-order chi connectivity index (χ0) is 21.0. The normalized spacial score (nSPS) is 11.0. The number of nitrogens with zero attached hydrogens (tertiary/aromatic N) is 4. The molecule has 3 rings (SSSR count). The number of hydrogen-bond donors (Lipinski definition) is 1. The van der Waals surface area contributed by atoms with E-state index < -0.39 is 5.97 Å². The van der Waals surface area contributed by atoms with Crippen LogP contribution in [-0.2, 0) is 16.1 Å². The lowest BCUT2D eigenvalue weighted by molar-refractivity contribution is -0.116. The number of anilines is 1. The van der Waals surface area contributed by atoms with E-state index in [9.17, 15) is 14.4 Å².